The van der Waals surface area contributed by atoms with Gasteiger partial charge in [-0.3, -0.25) is 4.98 Å². The lowest BCUT2D eigenvalue weighted by Gasteiger charge is -2.02. The Morgan fingerprint density at radius 3 is 2.92 bits per heavy atom. The molecule has 0 spiro atoms. The second-order valence-electron chi connectivity index (χ2n) is 3.00. The van der Waals surface area contributed by atoms with Crippen molar-refractivity contribution in [3.05, 3.63) is 24.0 Å². The molecule has 1 heterocycles. The van der Waals surface area contributed by atoms with Gasteiger partial charge in [-0.25, -0.2) is 0 Å². The van der Waals surface area contributed by atoms with Gasteiger partial charge in [-0.2, -0.15) is 0 Å². The summed E-state index contributed by atoms with van der Waals surface area (Å²) in [6.45, 7) is 2.20. The predicted molar refractivity (Wildman–Crippen MR) is 51.9 cm³/mol. The number of aromatic nitrogens is 1. The van der Waals surface area contributed by atoms with Crippen LogP contribution in [0.5, 0.6) is 0 Å². The number of rotatable bonds is 4. The van der Waals surface area contributed by atoms with Gasteiger partial charge in [0, 0.05) is 6.20 Å². The molecule has 1 aromatic heterocycles. The summed E-state index contributed by atoms with van der Waals surface area (Å²) in [6.07, 6.45) is 6.51. The Hall–Kier alpha value is -1.05. The van der Waals surface area contributed by atoms with Gasteiger partial charge < -0.3 is 5.73 Å². The second kappa shape index (κ2) is 4.75. The average molecular weight is 164 g/mol. The molecule has 0 unspecified atom stereocenters. The molecule has 0 bridgehead atoms. The van der Waals surface area contributed by atoms with Gasteiger partial charge >= 0.3 is 0 Å². The summed E-state index contributed by atoms with van der Waals surface area (Å²) >= 11 is 0. The summed E-state index contributed by atoms with van der Waals surface area (Å²) in [5.41, 5.74) is 7.61. The van der Waals surface area contributed by atoms with Gasteiger partial charge in [0.05, 0.1) is 11.4 Å². The molecule has 0 amide bonds. The van der Waals surface area contributed by atoms with E-state index in [0.29, 0.717) is 0 Å². The van der Waals surface area contributed by atoms with E-state index in [0.717, 1.165) is 17.8 Å². The minimum absolute atomic E-state index is 0.827. The number of pyridine rings is 1. The van der Waals surface area contributed by atoms with Crippen molar-refractivity contribution in [2.75, 3.05) is 5.73 Å². The van der Waals surface area contributed by atoms with Gasteiger partial charge in [-0.15, -0.1) is 0 Å². The smallest absolute Gasteiger partial charge is 0.0632 e. The van der Waals surface area contributed by atoms with Crippen LogP contribution in [0.2, 0.25) is 0 Å². The third-order valence-electron chi connectivity index (χ3n) is 1.94. The van der Waals surface area contributed by atoms with E-state index in [9.17, 15) is 0 Å². The molecular formula is C10H16N2. The first kappa shape index (κ1) is 9.04. The van der Waals surface area contributed by atoms with E-state index in [1.54, 1.807) is 6.20 Å². The van der Waals surface area contributed by atoms with Crippen LogP contribution < -0.4 is 5.73 Å². The van der Waals surface area contributed by atoms with Crippen molar-refractivity contribution in [2.45, 2.75) is 32.6 Å². The summed E-state index contributed by atoms with van der Waals surface area (Å²) < 4.78 is 0. The maximum atomic E-state index is 5.74. The van der Waals surface area contributed by atoms with Crippen LogP contribution in [-0.4, -0.2) is 4.98 Å². The Bertz CT molecular complexity index is 233. The van der Waals surface area contributed by atoms with Crippen molar-refractivity contribution in [1.82, 2.24) is 4.98 Å². The average Bonchev–Trinajstić information content (AvgIpc) is 2.09. The largest absolute Gasteiger partial charge is 0.397 e. The fourth-order valence-electron chi connectivity index (χ4n) is 1.20. The zero-order valence-corrected chi connectivity index (χ0v) is 7.59. The highest BCUT2D eigenvalue weighted by molar-refractivity contribution is 5.41. The maximum Gasteiger partial charge on any atom is 0.0632 e. The number of nitrogen functional groups attached to an aromatic ring is 1. The quantitative estimate of drug-likeness (QED) is 0.694. The number of anilines is 1. The van der Waals surface area contributed by atoms with Crippen LogP contribution in [0.4, 0.5) is 5.69 Å². The van der Waals surface area contributed by atoms with E-state index < -0.39 is 0 Å². The first-order chi connectivity index (χ1) is 5.84. The lowest BCUT2D eigenvalue weighted by Crippen LogP contribution is -1.96. The number of aryl methyl sites for hydroxylation is 1. The summed E-state index contributed by atoms with van der Waals surface area (Å²) in [5.74, 6) is 0. The Morgan fingerprint density at radius 2 is 2.25 bits per heavy atom. The van der Waals surface area contributed by atoms with Crippen LogP contribution in [0.25, 0.3) is 0 Å². The monoisotopic (exact) mass is 164 g/mol. The molecule has 2 nitrogen and oxygen atoms in total. The fourth-order valence-corrected chi connectivity index (χ4v) is 1.20. The van der Waals surface area contributed by atoms with Crippen LogP contribution in [0, 0.1) is 0 Å². The van der Waals surface area contributed by atoms with Crippen LogP contribution in [0.3, 0.4) is 0 Å². The molecule has 0 atom stereocenters. The molecule has 1 rings (SSSR count). The van der Waals surface area contributed by atoms with Crippen molar-refractivity contribution in [2.24, 2.45) is 0 Å². The van der Waals surface area contributed by atoms with Crippen molar-refractivity contribution in [1.29, 1.82) is 0 Å². The Balaban J connectivity index is 2.46. The minimum atomic E-state index is 0.827. The molecule has 0 fully saturated rings. The minimum Gasteiger partial charge on any atom is -0.397 e. The van der Waals surface area contributed by atoms with E-state index in [4.69, 9.17) is 5.73 Å². The van der Waals surface area contributed by atoms with E-state index in [1.807, 2.05) is 12.1 Å². The van der Waals surface area contributed by atoms with Gasteiger partial charge in [0.2, 0.25) is 0 Å². The lowest BCUT2D eigenvalue weighted by atomic mass is 10.1. The summed E-state index contributed by atoms with van der Waals surface area (Å²) in [6, 6.07) is 3.78. The zero-order valence-electron chi connectivity index (χ0n) is 7.59. The third-order valence-corrected chi connectivity index (χ3v) is 1.94. The number of hydrogen-bond donors (Lipinski definition) is 1. The predicted octanol–water partition coefficient (Wildman–Crippen LogP) is 2.40. The summed E-state index contributed by atoms with van der Waals surface area (Å²) in [4.78, 5) is 4.23. The van der Waals surface area contributed by atoms with Crippen molar-refractivity contribution >= 4 is 5.69 Å². The molecule has 66 valence electrons. The van der Waals surface area contributed by atoms with Crippen LogP contribution in [0.1, 0.15) is 31.9 Å². The first-order valence-electron chi connectivity index (χ1n) is 4.54. The molecule has 2 N–H and O–H groups in total. The van der Waals surface area contributed by atoms with Gasteiger partial charge in [0.25, 0.3) is 0 Å². The molecule has 0 radical (unpaired) electrons. The van der Waals surface area contributed by atoms with Crippen molar-refractivity contribution < 1.29 is 0 Å². The topological polar surface area (TPSA) is 38.9 Å². The standard InChI is InChI=1S/C10H16N2/c1-2-3-4-7-10-9(11)6-5-8-12-10/h5-6,8H,2-4,7,11H2,1H3. The van der Waals surface area contributed by atoms with Crippen LogP contribution in [0.15, 0.2) is 18.3 Å². The molecule has 0 aliphatic heterocycles. The number of nitrogens with two attached hydrogens (primary N) is 1. The molecule has 0 aliphatic rings. The lowest BCUT2D eigenvalue weighted by molar-refractivity contribution is 0.708. The van der Waals surface area contributed by atoms with Crippen LogP contribution >= 0.6 is 0 Å². The fraction of sp³-hybridized carbons (Fsp3) is 0.500. The molecule has 2 heteroatoms. The molecule has 0 saturated heterocycles. The maximum absolute atomic E-state index is 5.74. The molecule has 12 heavy (non-hydrogen) atoms. The van der Waals surface area contributed by atoms with Gasteiger partial charge in [-0.1, -0.05) is 19.8 Å². The SMILES string of the molecule is CCCCCc1ncccc1N. The highest BCUT2D eigenvalue weighted by Gasteiger charge is 1.97. The van der Waals surface area contributed by atoms with Gasteiger partial charge in [-0.05, 0) is 25.0 Å². The number of hydrogen-bond acceptors (Lipinski definition) is 2. The highest BCUT2D eigenvalue weighted by atomic mass is 14.7. The Kier molecular flexibility index (Phi) is 3.58. The van der Waals surface area contributed by atoms with E-state index in [2.05, 4.69) is 11.9 Å². The first-order valence-corrected chi connectivity index (χ1v) is 4.54. The highest BCUT2D eigenvalue weighted by Crippen LogP contribution is 2.10. The van der Waals surface area contributed by atoms with E-state index >= 15 is 0 Å². The summed E-state index contributed by atoms with van der Waals surface area (Å²) in [5, 5.41) is 0. The normalized spacial score (nSPS) is 10.1. The van der Waals surface area contributed by atoms with Crippen LogP contribution in [-0.2, 0) is 6.42 Å². The Labute approximate surface area is 73.8 Å². The third kappa shape index (κ3) is 2.53. The van der Waals surface area contributed by atoms with Gasteiger partial charge in [0.1, 0.15) is 0 Å². The second-order valence-corrected chi connectivity index (χ2v) is 3.00. The number of unbranched alkanes of at least 4 members (excludes halogenated alkanes) is 2. The van der Waals surface area contributed by atoms with E-state index in [-0.39, 0.29) is 0 Å². The van der Waals surface area contributed by atoms with Gasteiger partial charge in [0.15, 0.2) is 0 Å². The zero-order chi connectivity index (χ0) is 8.81. The number of nitrogens with zero attached hydrogens (tertiary/aromatic N) is 1. The summed E-state index contributed by atoms with van der Waals surface area (Å²) in [7, 11) is 0. The molecule has 0 aromatic carbocycles. The van der Waals surface area contributed by atoms with E-state index in [1.165, 1.54) is 19.3 Å². The molecular weight excluding hydrogens is 148 g/mol. The molecule has 0 aliphatic carbocycles. The molecule has 0 saturated carbocycles. The van der Waals surface area contributed by atoms with Crippen molar-refractivity contribution in [3.63, 3.8) is 0 Å². The molecule has 1 aromatic rings. The Morgan fingerprint density at radius 1 is 1.42 bits per heavy atom. The van der Waals surface area contributed by atoms with Crippen molar-refractivity contribution in [3.8, 4) is 0 Å².